The van der Waals surface area contributed by atoms with Gasteiger partial charge in [0.2, 0.25) is 17.7 Å². The zero-order valence-electron chi connectivity index (χ0n) is 49.1. The minimum atomic E-state index is -0.951. The number of nitrogens with two attached hydrogens (primary N) is 1. The number of Topliss-reactive ketones (excluding diaryl/α,β-unsaturated/α-hetero) is 3. The van der Waals surface area contributed by atoms with Crippen LogP contribution < -0.4 is 32.3 Å². The molecular weight excluding hydrogens is 1080 g/mol. The lowest BCUT2D eigenvalue weighted by molar-refractivity contribution is -0.144. The van der Waals surface area contributed by atoms with Crippen LogP contribution in [0.25, 0.3) is 0 Å². The van der Waals surface area contributed by atoms with Crippen molar-refractivity contribution < 1.29 is 71.9 Å². The first kappa shape index (κ1) is 68.6. The zero-order chi connectivity index (χ0) is 60.4. The van der Waals surface area contributed by atoms with E-state index in [0.717, 1.165) is 30.6 Å². The Morgan fingerprint density at radius 1 is 0.915 bits per heavy atom. The number of ether oxygens (including phenoxy) is 5. The van der Waals surface area contributed by atoms with E-state index in [1.54, 1.807) is 49.0 Å². The second-order valence-corrected chi connectivity index (χ2v) is 23.5. The van der Waals surface area contributed by atoms with Crippen molar-refractivity contribution in [3.63, 3.8) is 0 Å². The van der Waals surface area contributed by atoms with Crippen molar-refractivity contribution in [2.24, 2.45) is 23.5 Å². The molecule has 3 saturated heterocycles. The van der Waals surface area contributed by atoms with E-state index < -0.39 is 66.0 Å². The van der Waals surface area contributed by atoms with Crippen LogP contribution in [0.5, 0.6) is 0 Å². The minimum Gasteiger partial charge on any atom is -0.459 e. The molecule has 1 spiro atoms. The van der Waals surface area contributed by atoms with Crippen molar-refractivity contribution in [3.05, 3.63) is 65.8 Å². The molecule has 6 amide bonds. The van der Waals surface area contributed by atoms with Gasteiger partial charge in [-0.05, 0) is 101 Å². The number of anilines is 1. The van der Waals surface area contributed by atoms with E-state index in [2.05, 4.69) is 33.5 Å². The molecule has 22 heteroatoms. The van der Waals surface area contributed by atoms with Crippen molar-refractivity contribution in [2.75, 3.05) is 36.5 Å². The fraction of sp³-hybridized carbons (Fsp3) is 0.650. The van der Waals surface area contributed by atoms with Crippen LogP contribution in [-0.4, -0.2) is 144 Å². The largest absolute Gasteiger partial charge is 0.459 e. The molecule has 3 aliphatic rings. The van der Waals surface area contributed by atoms with Gasteiger partial charge in [0.15, 0.2) is 11.6 Å². The molecule has 1 aromatic carbocycles. The van der Waals surface area contributed by atoms with Gasteiger partial charge in [-0.15, -0.1) is 0 Å². The van der Waals surface area contributed by atoms with Crippen molar-refractivity contribution in [1.82, 2.24) is 21.3 Å². The highest BCUT2D eigenvalue weighted by Crippen LogP contribution is 2.43. The predicted molar refractivity (Wildman–Crippen MR) is 311 cm³/mol. The zero-order valence-corrected chi connectivity index (χ0v) is 49.9. The monoisotopic (exact) mass is 1170 g/mol. The third-order valence-corrected chi connectivity index (χ3v) is 15.6. The fourth-order valence-electron chi connectivity index (χ4n) is 9.88. The van der Waals surface area contributed by atoms with Gasteiger partial charge in [-0.25, -0.2) is 9.59 Å². The number of primary amides is 1. The lowest BCUT2D eigenvalue weighted by Gasteiger charge is -2.39. The summed E-state index contributed by atoms with van der Waals surface area (Å²) in [6, 6.07) is 4.83. The maximum atomic E-state index is 13.7. The molecule has 456 valence electrons. The molecule has 0 unspecified atom stereocenters. The molecule has 0 aromatic heterocycles. The Bertz CT molecular complexity index is 2390. The Morgan fingerprint density at radius 2 is 1.62 bits per heavy atom. The van der Waals surface area contributed by atoms with Crippen LogP contribution in [0.1, 0.15) is 144 Å². The van der Waals surface area contributed by atoms with Gasteiger partial charge in [-0.1, -0.05) is 76.5 Å². The van der Waals surface area contributed by atoms with Gasteiger partial charge >= 0.3 is 18.1 Å². The summed E-state index contributed by atoms with van der Waals surface area (Å²) in [5, 5.41) is 24.9. The topological polar surface area (TPSA) is 309 Å². The molecule has 0 aliphatic carbocycles. The smallest absolute Gasteiger partial charge is 0.407 e. The molecule has 0 bridgehead atoms. The van der Waals surface area contributed by atoms with Crippen molar-refractivity contribution in [3.8, 4) is 0 Å². The van der Waals surface area contributed by atoms with Crippen LogP contribution in [0.15, 0.2) is 60.2 Å². The molecule has 1 aromatic rings. The first-order valence-corrected chi connectivity index (χ1v) is 30.0. The predicted octanol–water partition coefficient (Wildman–Crippen LogP) is 6.62. The number of ketones is 3. The highest BCUT2D eigenvalue weighted by atomic mass is 32.2. The molecule has 4 rings (SSSR count). The first-order valence-electron chi connectivity index (χ1n) is 28.9. The molecular formula is C60H90N6O15S. The van der Waals surface area contributed by atoms with Crippen LogP contribution in [0.3, 0.4) is 0 Å². The Hall–Kier alpha value is -5.94. The summed E-state index contributed by atoms with van der Waals surface area (Å²) < 4.78 is 28.6. The summed E-state index contributed by atoms with van der Waals surface area (Å²) in [6.45, 7) is 14.6. The van der Waals surface area contributed by atoms with Gasteiger partial charge < -0.3 is 61.1 Å². The molecule has 82 heavy (non-hydrogen) atoms. The van der Waals surface area contributed by atoms with E-state index in [4.69, 9.17) is 29.4 Å². The molecule has 11 atom stereocenters. The number of epoxide rings is 1. The molecule has 8 N–H and O–H groups in total. The summed E-state index contributed by atoms with van der Waals surface area (Å²) in [5.74, 6) is -1.24. The average Bonchev–Trinajstić information content (AvgIpc) is 4.13. The SMILES string of the molecule is CCSCC(=O)CCCCCCC(=O)N[C@H](C(=O)C[C@@H](CCCNC(N)=O)C(=O)Nc1ccc(COC(=O)NCC(=O)C[C@@H]2C[C@@]3(CO3)[C@H](O)[C@@H](/C=C/C(C)=C/C[C@@H]3O[C@H](C)[C@H](NC(=O)/C=C\[C@H](C)OC(C)=O)C[C@@H]3C)O2)cc1)C(C)C. The van der Waals surface area contributed by atoms with Gasteiger partial charge in [0.25, 0.3) is 0 Å². The van der Waals surface area contributed by atoms with Crippen LogP contribution in [0.4, 0.5) is 15.3 Å². The number of benzene rings is 1. The number of allylic oxidation sites excluding steroid dienone is 2. The standard InChI is InChI=1S/C60H90N6O15S/c1-9-82-35-46(68)16-12-10-11-13-17-53(71)66-55(37(2)3)50(70)30-44(15-14-28-62-58(61)75)57(74)64-45-23-21-43(22-24-45)34-77-59(76)63-33-47(69)31-48-32-60(36-78-60)56(73)52(81-48)26-19-38(4)18-25-51-39(5)29-49(41(7)80-51)65-54(72)27-20-40(6)79-42(8)67/h18-24,26-27,37,39-41,44,48-49,51-52,55-56,73H,9-17,25,28-36H2,1-8H3,(H,63,76)(H,64,74)(H,65,72)(H,66,71)(H3,61,62,75)/b26-19+,27-20-,38-18+/t39-,40-,41+,44+,48+,49+,51-,52+,55-,56+,60+/m0/s1. The third kappa shape index (κ3) is 25.3. The Kier molecular flexibility index (Phi) is 29.5. The molecule has 0 saturated carbocycles. The number of carbonyl (C=O) groups is 9. The summed E-state index contributed by atoms with van der Waals surface area (Å²) >= 11 is 1.61. The number of aliphatic hydroxyl groups is 1. The number of rotatable bonds is 35. The Morgan fingerprint density at radius 3 is 2.28 bits per heavy atom. The normalized spacial score (nSPS) is 23.6. The number of carbonyl (C=O) groups excluding carboxylic acids is 9. The van der Waals surface area contributed by atoms with E-state index in [0.29, 0.717) is 62.1 Å². The fourth-order valence-corrected chi connectivity index (χ4v) is 10.5. The number of unbranched alkanes of at least 4 members (excludes halogenated alkanes) is 3. The number of urea groups is 1. The Labute approximate surface area is 487 Å². The van der Waals surface area contributed by atoms with E-state index >= 15 is 0 Å². The van der Waals surface area contributed by atoms with Gasteiger partial charge in [-0.2, -0.15) is 11.8 Å². The van der Waals surface area contributed by atoms with Crippen LogP contribution in [-0.2, 0) is 63.9 Å². The lowest BCUT2D eigenvalue weighted by Crippen LogP contribution is -2.50. The molecule has 3 heterocycles. The second-order valence-electron chi connectivity index (χ2n) is 22.2. The summed E-state index contributed by atoms with van der Waals surface area (Å²) in [5.41, 5.74) is 6.32. The van der Waals surface area contributed by atoms with E-state index in [1.165, 1.54) is 19.1 Å². The van der Waals surface area contributed by atoms with Gasteiger partial charge in [-0.3, -0.25) is 33.6 Å². The van der Waals surface area contributed by atoms with Crippen LogP contribution >= 0.6 is 11.8 Å². The maximum Gasteiger partial charge on any atom is 0.407 e. The van der Waals surface area contributed by atoms with Crippen molar-refractivity contribution >= 4 is 70.6 Å². The van der Waals surface area contributed by atoms with Crippen LogP contribution in [0, 0.1) is 17.8 Å². The number of nitrogens with one attached hydrogen (secondary N) is 5. The van der Waals surface area contributed by atoms with Crippen LogP contribution in [0.2, 0.25) is 0 Å². The maximum absolute atomic E-state index is 13.7. The van der Waals surface area contributed by atoms with E-state index in [1.807, 2.05) is 46.8 Å². The highest BCUT2D eigenvalue weighted by molar-refractivity contribution is 7.99. The highest BCUT2D eigenvalue weighted by Gasteiger charge is 2.58. The number of thioether (sulfide) groups is 1. The number of aliphatic hydroxyl groups excluding tert-OH is 1. The second kappa shape index (κ2) is 35.3. The molecule has 3 aliphatic heterocycles. The van der Waals surface area contributed by atoms with E-state index in [-0.39, 0.29) is 105 Å². The third-order valence-electron chi connectivity index (χ3n) is 14.7. The average molecular weight is 1170 g/mol. The summed E-state index contributed by atoms with van der Waals surface area (Å²) in [7, 11) is 0. The minimum absolute atomic E-state index is 0.0377. The van der Waals surface area contributed by atoms with Crippen molar-refractivity contribution in [1.29, 1.82) is 0 Å². The number of esters is 1. The summed E-state index contributed by atoms with van der Waals surface area (Å²) in [4.78, 5) is 113. The Balaban J connectivity index is 1.20. The molecule has 21 nitrogen and oxygen atoms in total. The quantitative estimate of drug-likeness (QED) is 0.0123. The lowest BCUT2D eigenvalue weighted by atomic mass is 9.87. The summed E-state index contributed by atoms with van der Waals surface area (Å²) in [6.07, 6.45) is 10.4. The van der Waals surface area contributed by atoms with Crippen molar-refractivity contribution in [2.45, 2.75) is 200 Å². The van der Waals surface area contributed by atoms with Gasteiger partial charge in [0.1, 0.15) is 36.3 Å². The van der Waals surface area contributed by atoms with Gasteiger partial charge in [0.05, 0.1) is 49.3 Å². The first-order chi connectivity index (χ1) is 39.0. The number of hydrogen-bond acceptors (Lipinski definition) is 16. The number of hydrogen-bond donors (Lipinski definition) is 7. The number of amides is 6. The van der Waals surface area contributed by atoms with E-state index in [9.17, 15) is 48.3 Å². The number of alkyl carbamates (subject to hydrolysis) is 1. The van der Waals surface area contributed by atoms with Gasteiger partial charge in [0, 0.05) is 63.3 Å². The molecule has 3 fully saturated rings. The molecule has 0 radical (unpaired) electrons.